The van der Waals surface area contributed by atoms with Gasteiger partial charge < -0.3 is 9.32 Å². The lowest BCUT2D eigenvalue weighted by molar-refractivity contribution is 0.669. The quantitative estimate of drug-likeness (QED) is 0.170. The Hall–Kier alpha value is -5.64. The predicted molar refractivity (Wildman–Crippen MR) is 202 cm³/mol. The fraction of sp³-hybridized carbons (Fsp3) is 0. The van der Waals surface area contributed by atoms with E-state index >= 15 is 0 Å². The zero-order valence-corrected chi connectivity index (χ0v) is 27.0. The molecule has 1 aromatic heterocycles. The molecule has 0 aliphatic carbocycles. The van der Waals surface area contributed by atoms with Crippen LogP contribution in [0.15, 0.2) is 179 Å². The second kappa shape index (κ2) is 11.3. The van der Waals surface area contributed by atoms with Gasteiger partial charge in [-0.25, -0.2) is 0 Å². The van der Waals surface area contributed by atoms with Gasteiger partial charge in [0.2, 0.25) is 0 Å². The van der Waals surface area contributed by atoms with Gasteiger partial charge in [-0.2, -0.15) is 0 Å². The number of hydrogen-bond donors (Lipinski definition) is 0. The molecule has 222 valence electrons. The lowest BCUT2D eigenvalue weighted by atomic mass is 9.98. The normalized spacial score (nSPS) is 11.5. The number of nitrogens with zero attached hydrogens (tertiary/aromatic N) is 1. The Morgan fingerprint density at radius 2 is 1.00 bits per heavy atom. The Morgan fingerprint density at radius 1 is 0.383 bits per heavy atom. The van der Waals surface area contributed by atoms with Crippen LogP contribution in [0.1, 0.15) is 0 Å². The smallest absolute Gasteiger partial charge is 0.136 e. The van der Waals surface area contributed by atoms with Gasteiger partial charge in [0.05, 0.1) is 11.4 Å². The van der Waals surface area contributed by atoms with Gasteiger partial charge in [-0.3, -0.25) is 0 Å². The average Bonchev–Trinajstić information content (AvgIpc) is 3.49. The van der Waals surface area contributed by atoms with E-state index in [1.54, 1.807) is 0 Å². The maximum absolute atomic E-state index is 6.50. The number of anilines is 3. The SMILES string of the molecule is Brc1cc2oc3cc(-c4ccccc4)ccc3c2cc1N(c1cccc(-c2ccccc2)c1)c1cc2ccccc2c2ccccc12. The number of fused-ring (bicyclic) bond motifs is 6. The molecule has 0 amide bonds. The van der Waals surface area contributed by atoms with Crippen LogP contribution in [0.25, 0.3) is 65.7 Å². The van der Waals surface area contributed by atoms with Crippen molar-refractivity contribution in [1.82, 2.24) is 0 Å². The lowest BCUT2D eigenvalue weighted by Gasteiger charge is -2.29. The summed E-state index contributed by atoms with van der Waals surface area (Å²) < 4.78 is 7.45. The minimum atomic E-state index is 0.849. The van der Waals surface area contributed by atoms with E-state index in [1.807, 2.05) is 6.07 Å². The molecule has 0 aliphatic rings. The lowest BCUT2D eigenvalue weighted by Crippen LogP contribution is -2.11. The van der Waals surface area contributed by atoms with Crippen LogP contribution in [-0.2, 0) is 0 Å². The summed E-state index contributed by atoms with van der Waals surface area (Å²) in [5, 5.41) is 7.03. The van der Waals surface area contributed by atoms with Crippen LogP contribution in [0.4, 0.5) is 17.1 Å². The van der Waals surface area contributed by atoms with Crippen molar-refractivity contribution in [2.45, 2.75) is 0 Å². The van der Waals surface area contributed by atoms with Crippen molar-refractivity contribution >= 4 is 76.5 Å². The molecule has 0 bridgehead atoms. The van der Waals surface area contributed by atoms with E-state index in [-0.39, 0.29) is 0 Å². The maximum atomic E-state index is 6.50. The van der Waals surface area contributed by atoms with Crippen LogP contribution in [-0.4, -0.2) is 0 Å². The Morgan fingerprint density at radius 3 is 1.77 bits per heavy atom. The van der Waals surface area contributed by atoms with Crippen molar-refractivity contribution in [3.05, 3.63) is 174 Å². The summed E-state index contributed by atoms with van der Waals surface area (Å²) in [7, 11) is 0. The van der Waals surface area contributed by atoms with E-state index < -0.39 is 0 Å². The first-order valence-corrected chi connectivity index (χ1v) is 16.6. The van der Waals surface area contributed by atoms with E-state index in [9.17, 15) is 0 Å². The van der Waals surface area contributed by atoms with Crippen LogP contribution in [0.3, 0.4) is 0 Å². The maximum Gasteiger partial charge on any atom is 0.136 e. The van der Waals surface area contributed by atoms with Gasteiger partial charge in [-0.1, -0.05) is 127 Å². The molecule has 2 nitrogen and oxygen atoms in total. The summed E-state index contributed by atoms with van der Waals surface area (Å²) in [5.41, 5.74) is 9.61. The Labute approximate surface area is 281 Å². The molecule has 1 heterocycles. The monoisotopic (exact) mass is 665 g/mol. The van der Waals surface area contributed by atoms with Gasteiger partial charge in [0.25, 0.3) is 0 Å². The van der Waals surface area contributed by atoms with Crippen LogP contribution in [0.5, 0.6) is 0 Å². The summed E-state index contributed by atoms with van der Waals surface area (Å²) in [5.74, 6) is 0. The van der Waals surface area contributed by atoms with Crippen molar-refractivity contribution in [1.29, 1.82) is 0 Å². The topological polar surface area (TPSA) is 16.4 Å². The molecule has 0 saturated carbocycles. The summed E-state index contributed by atoms with van der Waals surface area (Å²) >= 11 is 4.00. The largest absolute Gasteiger partial charge is 0.456 e. The summed E-state index contributed by atoms with van der Waals surface area (Å²) in [6.07, 6.45) is 0. The van der Waals surface area contributed by atoms with Crippen molar-refractivity contribution < 1.29 is 4.42 Å². The zero-order chi connectivity index (χ0) is 31.3. The van der Waals surface area contributed by atoms with E-state index in [0.29, 0.717) is 0 Å². The second-order valence-electron chi connectivity index (χ2n) is 11.9. The third kappa shape index (κ3) is 4.79. The van der Waals surface area contributed by atoms with Gasteiger partial charge in [0, 0.05) is 26.3 Å². The first-order valence-electron chi connectivity index (χ1n) is 15.8. The molecule has 0 aliphatic heterocycles. The highest BCUT2D eigenvalue weighted by molar-refractivity contribution is 9.10. The number of rotatable bonds is 5. The van der Waals surface area contributed by atoms with Gasteiger partial charge in [-0.05, 0) is 96.8 Å². The molecule has 0 fully saturated rings. The molecular formula is C44H28BrNO. The number of hydrogen-bond acceptors (Lipinski definition) is 2. The molecule has 47 heavy (non-hydrogen) atoms. The highest BCUT2D eigenvalue weighted by atomic mass is 79.9. The highest BCUT2D eigenvalue weighted by Gasteiger charge is 2.22. The van der Waals surface area contributed by atoms with E-state index in [2.05, 4.69) is 185 Å². The van der Waals surface area contributed by atoms with Crippen LogP contribution >= 0.6 is 15.9 Å². The minimum absolute atomic E-state index is 0.849. The molecule has 3 heteroatoms. The van der Waals surface area contributed by atoms with Crippen molar-refractivity contribution in [3.63, 3.8) is 0 Å². The first-order chi connectivity index (χ1) is 23.2. The average molecular weight is 667 g/mol. The summed E-state index contributed by atoms with van der Waals surface area (Å²) in [6.45, 7) is 0. The van der Waals surface area contributed by atoms with Crippen molar-refractivity contribution in [2.75, 3.05) is 4.90 Å². The van der Waals surface area contributed by atoms with Gasteiger partial charge in [0.1, 0.15) is 11.2 Å². The Balaban J connectivity index is 1.31. The number of halogens is 1. The molecule has 0 radical (unpaired) electrons. The van der Waals surface area contributed by atoms with E-state index in [0.717, 1.165) is 54.6 Å². The highest BCUT2D eigenvalue weighted by Crippen LogP contribution is 2.47. The van der Waals surface area contributed by atoms with Crippen molar-refractivity contribution in [2.24, 2.45) is 0 Å². The molecule has 9 aromatic rings. The Bertz CT molecular complexity index is 2590. The van der Waals surface area contributed by atoms with Crippen LogP contribution in [0.2, 0.25) is 0 Å². The third-order valence-corrected chi connectivity index (χ3v) is 9.72. The molecule has 9 rings (SSSR count). The third-order valence-electron chi connectivity index (χ3n) is 9.09. The molecule has 0 saturated heterocycles. The van der Waals surface area contributed by atoms with Crippen LogP contribution < -0.4 is 4.90 Å². The van der Waals surface area contributed by atoms with Gasteiger partial charge in [0.15, 0.2) is 0 Å². The standard InChI is InChI=1S/C44H28BrNO/c45-40-28-44-39(38-23-22-32(26-43(38)47-44)30-14-5-2-6-15-30)27-42(40)46(34-18-11-17-31(24-34)29-12-3-1-4-13-29)41-25-33-16-7-8-19-35(33)36-20-9-10-21-37(36)41/h1-28H. The predicted octanol–water partition coefficient (Wildman–Crippen LogP) is 13.5. The van der Waals surface area contributed by atoms with Crippen LogP contribution in [0, 0.1) is 0 Å². The van der Waals surface area contributed by atoms with Crippen molar-refractivity contribution in [3.8, 4) is 22.3 Å². The molecule has 8 aromatic carbocycles. The zero-order valence-electron chi connectivity index (χ0n) is 25.4. The molecule has 0 spiro atoms. The molecule has 0 atom stereocenters. The number of benzene rings is 8. The minimum Gasteiger partial charge on any atom is -0.456 e. The second-order valence-corrected chi connectivity index (χ2v) is 12.7. The van der Waals surface area contributed by atoms with Gasteiger partial charge in [-0.15, -0.1) is 0 Å². The fourth-order valence-corrected chi connectivity index (χ4v) is 7.35. The number of furan rings is 1. The summed E-state index contributed by atoms with van der Waals surface area (Å²) in [6, 6.07) is 60.4. The molecule has 0 unspecified atom stereocenters. The van der Waals surface area contributed by atoms with E-state index in [4.69, 9.17) is 4.42 Å². The molecule has 0 N–H and O–H groups in total. The van der Waals surface area contributed by atoms with Gasteiger partial charge >= 0.3 is 0 Å². The first kappa shape index (κ1) is 27.7. The molecular weight excluding hydrogens is 638 g/mol. The fourth-order valence-electron chi connectivity index (χ4n) is 6.85. The Kier molecular flexibility index (Phi) is 6.65. The van der Waals surface area contributed by atoms with E-state index in [1.165, 1.54) is 32.7 Å². The summed E-state index contributed by atoms with van der Waals surface area (Å²) in [4.78, 5) is 2.39.